The molecule has 5 nitrogen and oxygen atoms in total. The molecule has 0 aliphatic rings. The SMILES string of the molecule is C[C@@H](OC(=O)/C=C/c1nc2ccccc2s1)C(=O)Nc1ccc2ccccc2c1. The molecule has 1 heterocycles. The summed E-state index contributed by atoms with van der Waals surface area (Å²) in [5.74, 6) is -0.979. The molecule has 0 bridgehead atoms. The lowest BCUT2D eigenvalue weighted by Crippen LogP contribution is -2.29. The highest BCUT2D eigenvalue weighted by Gasteiger charge is 2.17. The van der Waals surface area contributed by atoms with E-state index >= 15 is 0 Å². The topological polar surface area (TPSA) is 68.3 Å². The second-order valence-electron chi connectivity index (χ2n) is 6.48. The number of ether oxygens (including phenoxy) is 1. The zero-order valence-electron chi connectivity index (χ0n) is 15.7. The molecular weight excluding hydrogens is 384 g/mol. The quantitative estimate of drug-likeness (QED) is 0.375. The summed E-state index contributed by atoms with van der Waals surface area (Å²) >= 11 is 1.48. The normalized spacial score (nSPS) is 12.3. The van der Waals surface area contributed by atoms with Crippen molar-refractivity contribution in [1.29, 1.82) is 0 Å². The van der Waals surface area contributed by atoms with Gasteiger partial charge in [-0.15, -0.1) is 11.3 Å². The molecule has 0 saturated carbocycles. The molecule has 0 saturated heterocycles. The van der Waals surface area contributed by atoms with Crippen LogP contribution in [-0.2, 0) is 14.3 Å². The van der Waals surface area contributed by atoms with Crippen LogP contribution in [0.1, 0.15) is 11.9 Å². The van der Waals surface area contributed by atoms with Gasteiger partial charge >= 0.3 is 5.97 Å². The standard InChI is InChI=1S/C23H18N2O3S/c1-15(23(27)24-18-11-10-16-6-2-3-7-17(16)14-18)28-22(26)13-12-21-25-19-8-4-5-9-20(19)29-21/h2-15H,1H3,(H,24,27)/b13-12+/t15-/m1/s1. The zero-order chi connectivity index (χ0) is 20.2. The first-order valence-corrected chi connectivity index (χ1v) is 9.94. The van der Waals surface area contributed by atoms with Crippen LogP contribution in [0.25, 0.3) is 27.1 Å². The Balaban J connectivity index is 1.36. The average molecular weight is 402 g/mol. The Labute approximate surface area is 171 Å². The molecule has 29 heavy (non-hydrogen) atoms. The summed E-state index contributed by atoms with van der Waals surface area (Å²) in [7, 11) is 0. The lowest BCUT2D eigenvalue weighted by Gasteiger charge is -2.12. The van der Waals surface area contributed by atoms with E-state index in [0.29, 0.717) is 10.7 Å². The minimum absolute atomic E-state index is 0.387. The number of carbonyl (C=O) groups excluding carboxylic acids is 2. The molecule has 0 aliphatic carbocycles. The molecule has 0 fully saturated rings. The third-order valence-corrected chi connectivity index (χ3v) is 5.35. The van der Waals surface area contributed by atoms with Crippen molar-refractivity contribution < 1.29 is 14.3 Å². The van der Waals surface area contributed by atoms with Crippen LogP contribution >= 0.6 is 11.3 Å². The first-order chi connectivity index (χ1) is 14.1. The van der Waals surface area contributed by atoms with Crippen molar-refractivity contribution in [2.75, 3.05) is 5.32 Å². The number of rotatable bonds is 5. The predicted octanol–water partition coefficient (Wildman–Crippen LogP) is 5.03. The van der Waals surface area contributed by atoms with E-state index in [4.69, 9.17) is 4.74 Å². The van der Waals surface area contributed by atoms with Gasteiger partial charge in [0.05, 0.1) is 10.2 Å². The minimum Gasteiger partial charge on any atom is -0.449 e. The number of benzene rings is 3. The predicted molar refractivity (Wildman–Crippen MR) is 117 cm³/mol. The molecule has 0 unspecified atom stereocenters. The summed E-state index contributed by atoms with van der Waals surface area (Å²) in [4.78, 5) is 28.8. The Morgan fingerprint density at radius 2 is 1.79 bits per heavy atom. The lowest BCUT2D eigenvalue weighted by molar-refractivity contribution is -0.148. The summed E-state index contributed by atoms with van der Waals surface area (Å²) in [6, 6.07) is 21.3. The van der Waals surface area contributed by atoms with Gasteiger partial charge in [0.2, 0.25) is 0 Å². The largest absolute Gasteiger partial charge is 0.449 e. The van der Waals surface area contributed by atoms with E-state index in [1.165, 1.54) is 17.4 Å². The number of amides is 1. The van der Waals surface area contributed by atoms with Crippen LogP contribution in [0.5, 0.6) is 0 Å². The second-order valence-corrected chi connectivity index (χ2v) is 7.55. The molecule has 1 N–H and O–H groups in total. The Bertz CT molecular complexity index is 1200. The van der Waals surface area contributed by atoms with Crippen molar-refractivity contribution in [1.82, 2.24) is 4.98 Å². The summed E-state index contributed by atoms with van der Waals surface area (Å²) in [6.45, 7) is 1.54. The molecule has 4 rings (SSSR count). The number of hydrogen-bond donors (Lipinski definition) is 1. The van der Waals surface area contributed by atoms with E-state index in [1.54, 1.807) is 13.0 Å². The van der Waals surface area contributed by atoms with Gasteiger partial charge in [-0.25, -0.2) is 9.78 Å². The van der Waals surface area contributed by atoms with Crippen molar-refractivity contribution >= 4 is 56.0 Å². The van der Waals surface area contributed by atoms with Crippen molar-refractivity contribution in [3.63, 3.8) is 0 Å². The maximum atomic E-state index is 12.4. The van der Waals surface area contributed by atoms with Gasteiger partial charge in [-0.05, 0) is 48.0 Å². The van der Waals surface area contributed by atoms with Gasteiger partial charge in [0.1, 0.15) is 5.01 Å². The van der Waals surface area contributed by atoms with Crippen LogP contribution in [0.4, 0.5) is 5.69 Å². The number of thiazole rings is 1. The fraction of sp³-hybridized carbons (Fsp3) is 0.0870. The number of esters is 1. The molecule has 1 amide bonds. The Morgan fingerprint density at radius 1 is 1.03 bits per heavy atom. The molecule has 3 aromatic carbocycles. The summed E-state index contributed by atoms with van der Waals surface area (Å²) in [6.07, 6.45) is 1.97. The van der Waals surface area contributed by atoms with Crippen molar-refractivity contribution in [2.24, 2.45) is 0 Å². The van der Waals surface area contributed by atoms with Gasteiger partial charge in [-0.1, -0.05) is 42.5 Å². The minimum atomic E-state index is -0.922. The Hall–Kier alpha value is -3.51. The first-order valence-electron chi connectivity index (χ1n) is 9.12. The van der Waals surface area contributed by atoms with Crippen molar-refractivity contribution in [3.05, 3.63) is 77.8 Å². The molecule has 0 radical (unpaired) electrons. The third kappa shape index (κ3) is 4.50. The number of carbonyl (C=O) groups is 2. The number of nitrogens with zero attached hydrogens (tertiary/aromatic N) is 1. The van der Waals surface area contributed by atoms with Gasteiger partial charge < -0.3 is 10.1 Å². The molecule has 144 valence electrons. The molecule has 0 spiro atoms. The summed E-state index contributed by atoms with van der Waals surface area (Å²) < 4.78 is 6.25. The van der Waals surface area contributed by atoms with Gasteiger partial charge in [-0.2, -0.15) is 0 Å². The summed E-state index contributed by atoms with van der Waals surface area (Å²) in [5.41, 5.74) is 1.54. The maximum absolute atomic E-state index is 12.4. The van der Waals surface area contributed by atoms with Crippen LogP contribution in [0.15, 0.2) is 72.8 Å². The molecule has 1 aromatic heterocycles. The van der Waals surface area contributed by atoms with Gasteiger partial charge in [-0.3, -0.25) is 4.79 Å². The smallest absolute Gasteiger partial charge is 0.331 e. The number of anilines is 1. The zero-order valence-corrected chi connectivity index (χ0v) is 16.5. The van der Waals surface area contributed by atoms with Gasteiger partial charge in [0.15, 0.2) is 6.10 Å². The molecular formula is C23H18N2O3S. The number of para-hydroxylation sites is 1. The van der Waals surface area contributed by atoms with Crippen LogP contribution in [0.3, 0.4) is 0 Å². The van der Waals surface area contributed by atoms with Crippen molar-refractivity contribution in [2.45, 2.75) is 13.0 Å². The fourth-order valence-corrected chi connectivity index (χ4v) is 3.75. The Kier molecular flexibility index (Phi) is 5.35. The van der Waals surface area contributed by atoms with E-state index in [0.717, 1.165) is 21.0 Å². The number of fused-ring (bicyclic) bond motifs is 2. The second kappa shape index (κ2) is 8.24. The van der Waals surface area contributed by atoms with Gasteiger partial charge in [0, 0.05) is 11.8 Å². The number of hydrogen-bond acceptors (Lipinski definition) is 5. The highest BCUT2D eigenvalue weighted by Crippen LogP contribution is 2.22. The van der Waals surface area contributed by atoms with Crippen LogP contribution in [-0.4, -0.2) is 23.0 Å². The maximum Gasteiger partial charge on any atom is 0.331 e. The number of aromatic nitrogens is 1. The van der Waals surface area contributed by atoms with Crippen molar-refractivity contribution in [3.8, 4) is 0 Å². The molecule has 4 aromatic rings. The van der Waals surface area contributed by atoms with Crippen LogP contribution < -0.4 is 5.32 Å². The average Bonchev–Trinajstić information content (AvgIpc) is 3.15. The lowest BCUT2D eigenvalue weighted by atomic mass is 10.1. The van der Waals surface area contributed by atoms with Gasteiger partial charge in [0.25, 0.3) is 5.91 Å². The highest BCUT2D eigenvalue weighted by atomic mass is 32.1. The number of nitrogens with one attached hydrogen (secondary N) is 1. The first kappa shape index (κ1) is 18.8. The Morgan fingerprint density at radius 3 is 2.62 bits per heavy atom. The highest BCUT2D eigenvalue weighted by molar-refractivity contribution is 7.19. The van der Waals surface area contributed by atoms with E-state index in [-0.39, 0.29) is 5.91 Å². The molecule has 6 heteroatoms. The van der Waals surface area contributed by atoms with E-state index in [2.05, 4.69) is 10.3 Å². The van der Waals surface area contributed by atoms with E-state index < -0.39 is 12.1 Å². The third-order valence-electron chi connectivity index (χ3n) is 4.35. The van der Waals surface area contributed by atoms with Crippen LogP contribution in [0, 0.1) is 0 Å². The monoisotopic (exact) mass is 402 g/mol. The van der Waals surface area contributed by atoms with E-state index in [1.807, 2.05) is 66.7 Å². The summed E-state index contributed by atoms with van der Waals surface area (Å²) in [5, 5.41) is 5.60. The van der Waals surface area contributed by atoms with E-state index in [9.17, 15) is 9.59 Å². The molecule has 0 aliphatic heterocycles. The van der Waals surface area contributed by atoms with Crippen LogP contribution in [0.2, 0.25) is 0 Å². The fourth-order valence-electron chi connectivity index (χ4n) is 2.88. The molecule has 1 atom stereocenters.